The van der Waals surface area contributed by atoms with Crippen molar-refractivity contribution in [3.05, 3.63) is 35.5 Å². The lowest BCUT2D eigenvalue weighted by Gasteiger charge is -2.13. The summed E-state index contributed by atoms with van der Waals surface area (Å²) in [5.41, 5.74) is 7.56. The molecule has 1 aromatic heterocycles. The van der Waals surface area contributed by atoms with Crippen LogP contribution in [0.1, 0.15) is 6.42 Å². The largest absolute Gasteiger partial charge is 0.369 e. The lowest BCUT2D eigenvalue weighted by Crippen LogP contribution is -2.17. The number of hydrogen-bond acceptors (Lipinski definition) is 5. The minimum absolute atomic E-state index is 0.260. The average Bonchev–Trinajstić information content (AvgIpc) is 2.43. The van der Waals surface area contributed by atoms with Gasteiger partial charge in [-0.25, -0.2) is 4.98 Å². The Morgan fingerprint density at radius 3 is 2.86 bits per heavy atom. The topological polar surface area (TPSA) is 67.1 Å². The average molecular weight is 306 g/mol. The van der Waals surface area contributed by atoms with Crippen molar-refractivity contribution in [2.24, 2.45) is 0 Å². The van der Waals surface area contributed by atoms with E-state index in [-0.39, 0.29) is 5.95 Å². The van der Waals surface area contributed by atoms with Crippen LogP contribution >= 0.6 is 11.6 Å². The molecule has 0 spiro atoms. The van der Waals surface area contributed by atoms with Crippen LogP contribution in [0, 0.1) is 0 Å². The molecule has 0 saturated heterocycles. The van der Waals surface area contributed by atoms with Crippen LogP contribution in [0.5, 0.6) is 0 Å². The second-order valence-corrected chi connectivity index (χ2v) is 5.52. The van der Waals surface area contributed by atoms with Crippen molar-refractivity contribution in [2.45, 2.75) is 6.42 Å². The second kappa shape index (κ2) is 7.24. The van der Waals surface area contributed by atoms with E-state index >= 15 is 0 Å². The predicted molar refractivity (Wildman–Crippen MR) is 88.6 cm³/mol. The van der Waals surface area contributed by atoms with Crippen LogP contribution in [0.15, 0.2) is 30.5 Å². The van der Waals surface area contributed by atoms with E-state index in [0.717, 1.165) is 36.5 Å². The van der Waals surface area contributed by atoms with E-state index in [1.165, 1.54) is 0 Å². The third kappa shape index (κ3) is 4.58. The van der Waals surface area contributed by atoms with E-state index in [1.54, 1.807) is 6.20 Å². The number of rotatable bonds is 6. The van der Waals surface area contributed by atoms with Crippen LogP contribution in [-0.4, -0.2) is 42.1 Å². The number of aromatic nitrogens is 2. The SMILES string of the molecule is CN(C)CCCNc1nc(N)ncc1-c1cccc(Cl)c1. The van der Waals surface area contributed by atoms with Crippen LogP contribution in [0.3, 0.4) is 0 Å². The normalized spacial score (nSPS) is 10.9. The van der Waals surface area contributed by atoms with Crippen molar-refractivity contribution in [3.63, 3.8) is 0 Å². The molecule has 112 valence electrons. The first-order valence-electron chi connectivity index (χ1n) is 6.83. The second-order valence-electron chi connectivity index (χ2n) is 5.08. The number of nitrogens with two attached hydrogens (primary N) is 1. The highest BCUT2D eigenvalue weighted by molar-refractivity contribution is 6.30. The standard InChI is InChI=1S/C15H20ClN5/c1-21(2)8-4-7-18-14-13(10-19-15(17)20-14)11-5-3-6-12(16)9-11/h3,5-6,9-10H,4,7-8H2,1-2H3,(H3,17,18,19,20). The first-order chi connectivity index (χ1) is 10.1. The highest BCUT2D eigenvalue weighted by atomic mass is 35.5. The molecule has 5 nitrogen and oxygen atoms in total. The van der Waals surface area contributed by atoms with Crippen molar-refractivity contribution in [3.8, 4) is 11.1 Å². The smallest absolute Gasteiger partial charge is 0.221 e. The number of halogens is 1. The maximum absolute atomic E-state index is 6.05. The van der Waals surface area contributed by atoms with Gasteiger partial charge in [-0.05, 0) is 44.8 Å². The summed E-state index contributed by atoms with van der Waals surface area (Å²) in [7, 11) is 4.11. The number of anilines is 2. The zero-order valence-corrected chi connectivity index (χ0v) is 13.1. The van der Waals surface area contributed by atoms with Gasteiger partial charge in [0.15, 0.2) is 0 Å². The van der Waals surface area contributed by atoms with Crippen LogP contribution in [0.4, 0.5) is 11.8 Å². The summed E-state index contributed by atoms with van der Waals surface area (Å²) in [5, 5.41) is 4.01. The zero-order valence-electron chi connectivity index (χ0n) is 12.3. The van der Waals surface area contributed by atoms with Crippen LogP contribution in [-0.2, 0) is 0 Å². The molecular weight excluding hydrogens is 286 g/mol. The molecule has 0 amide bonds. The summed E-state index contributed by atoms with van der Waals surface area (Å²) in [6.45, 7) is 1.84. The first kappa shape index (κ1) is 15.5. The molecule has 1 heterocycles. The number of hydrogen-bond donors (Lipinski definition) is 2. The van der Waals surface area contributed by atoms with E-state index in [0.29, 0.717) is 5.02 Å². The molecule has 0 fully saturated rings. The van der Waals surface area contributed by atoms with Gasteiger partial charge in [-0.2, -0.15) is 4.98 Å². The Morgan fingerprint density at radius 2 is 2.14 bits per heavy atom. The Morgan fingerprint density at radius 1 is 1.33 bits per heavy atom. The Labute approximate surface area is 130 Å². The molecule has 1 aromatic carbocycles. The number of nitrogen functional groups attached to an aromatic ring is 1. The molecule has 0 saturated carbocycles. The molecule has 0 atom stereocenters. The molecule has 3 N–H and O–H groups in total. The minimum Gasteiger partial charge on any atom is -0.369 e. The monoisotopic (exact) mass is 305 g/mol. The van der Waals surface area contributed by atoms with Gasteiger partial charge in [0, 0.05) is 23.3 Å². The van der Waals surface area contributed by atoms with E-state index in [2.05, 4.69) is 34.3 Å². The van der Waals surface area contributed by atoms with Gasteiger partial charge >= 0.3 is 0 Å². The van der Waals surface area contributed by atoms with Crippen molar-refractivity contribution in [1.29, 1.82) is 0 Å². The zero-order chi connectivity index (χ0) is 15.2. The molecule has 0 unspecified atom stereocenters. The van der Waals surface area contributed by atoms with Crippen molar-refractivity contribution in [2.75, 3.05) is 38.2 Å². The van der Waals surface area contributed by atoms with Gasteiger partial charge in [0.1, 0.15) is 5.82 Å². The summed E-state index contributed by atoms with van der Waals surface area (Å²) >= 11 is 6.05. The van der Waals surface area contributed by atoms with Crippen LogP contribution in [0.25, 0.3) is 11.1 Å². The quantitative estimate of drug-likeness (QED) is 0.803. The van der Waals surface area contributed by atoms with Crippen LogP contribution in [0.2, 0.25) is 5.02 Å². The van der Waals surface area contributed by atoms with E-state index < -0.39 is 0 Å². The summed E-state index contributed by atoms with van der Waals surface area (Å²) in [4.78, 5) is 10.5. The Hall–Kier alpha value is -1.85. The molecule has 0 aliphatic heterocycles. The third-order valence-corrected chi connectivity index (χ3v) is 3.25. The van der Waals surface area contributed by atoms with Gasteiger partial charge in [-0.15, -0.1) is 0 Å². The van der Waals surface area contributed by atoms with E-state index in [4.69, 9.17) is 17.3 Å². The summed E-state index contributed by atoms with van der Waals surface area (Å²) in [6, 6.07) is 7.62. The van der Waals surface area contributed by atoms with Crippen molar-refractivity contribution in [1.82, 2.24) is 14.9 Å². The predicted octanol–water partition coefficient (Wildman–Crippen LogP) is 2.74. The fraction of sp³-hybridized carbons (Fsp3) is 0.333. The molecule has 0 radical (unpaired) electrons. The minimum atomic E-state index is 0.260. The number of nitrogens with one attached hydrogen (secondary N) is 1. The van der Waals surface area contributed by atoms with Gasteiger partial charge < -0.3 is 16.0 Å². The lowest BCUT2D eigenvalue weighted by atomic mass is 10.1. The molecule has 2 aromatic rings. The Bertz CT molecular complexity index is 600. The van der Waals surface area contributed by atoms with Crippen LogP contribution < -0.4 is 11.1 Å². The first-order valence-corrected chi connectivity index (χ1v) is 7.21. The molecule has 2 rings (SSSR count). The summed E-state index contributed by atoms with van der Waals surface area (Å²) in [5.74, 6) is 0.999. The van der Waals surface area contributed by atoms with Gasteiger partial charge in [-0.1, -0.05) is 23.7 Å². The molecule has 0 aliphatic rings. The fourth-order valence-corrected chi connectivity index (χ4v) is 2.19. The van der Waals surface area contributed by atoms with Gasteiger partial charge in [0.05, 0.1) is 0 Å². The van der Waals surface area contributed by atoms with E-state index in [9.17, 15) is 0 Å². The van der Waals surface area contributed by atoms with Gasteiger partial charge in [-0.3, -0.25) is 0 Å². The van der Waals surface area contributed by atoms with Gasteiger partial charge in [0.2, 0.25) is 5.95 Å². The highest BCUT2D eigenvalue weighted by Gasteiger charge is 2.08. The summed E-state index contributed by atoms with van der Waals surface area (Å²) < 4.78 is 0. The fourth-order valence-electron chi connectivity index (χ4n) is 2.00. The highest BCUT2D eigenvalue weighted by Crippen LogP contribution is 2.28. The number of benzene rings is 1. The Kier molecular flexibility index (Phi) is 5.36. The maximum Gasteiger partial charge on any atom is 0.221 e. The molecule has 0 bridgehead atoms. The lowest BCUT2D eigenvalue weighted by molar-refractivity contribution is 0.405. The maximum atomic E-state index is 6.05. The van der Waals surface area contributed by atoms with Gasteiger partial charge in [0.25, 0.3) is 0 Å². The number of nitrogens with zero attached hydrogens (tertiary/aromatic N) is 3. The Balaban J connectivity index is 2.17. The third-order valence-electron chi connectivity index (χ3n) is 3.02. The molecular formula is C15H20ClN5. The molecule has 6 heteroatoms. The van der Waals surface area contributed by atoms with Crippen molar-refractivity contribution >= 4 is 23.4 Å². The van der Waals surface area contributed by atoms with Crippen molar-refractivity contribution < 1.29 is 0 Å². The molecule has 21 heavy (non-hydrogen) atoms. The molecule has 0 aliphatic carbocycles. The summed E-state index contributed by atoms with van der Waals surface area (Å²) in [6.07, 6.45) is 2.74. The van der Waals surface area contributed by atoms with E-state index in [1.807, 2.05) is 24.3 Å².